The van der Waals surface area contributed by atoms with Crippen LogP contribution in [0.4, 0.5) is 8.78 Å². The number of amides is 1. The van der Waals surface area contributed by atoms with Crippen LogP contribution in [0.3, 0.4) is 0 Å². The molecule has 1 amide bonds. The van der Waals surface area contributed by atoms with Crippen LogP contribution >= 0.6 is 0 Å². The molecule has 5 heteroatoms. The van der Waals surface area contributed by atoms with Crippen molar-refractivity contribution in [1.29, 1.82) is 0 Å². The van der Waals surface area contributed by atoms with E-state index in [1.54, 1.807) is 6.07 Å². The highest BCUT2D eigenvalue weighted by molar-refractivity contribution is 5.94. The van der Waals surface area contributed by atoms with E-state index in [1.165, 1.54) is 18.2 Å². The molecule has 2 rings (SSSR count). The van der Waals surface area contributed by atoms with Crippen molar-refractivity contribution >= 4 is 5.91 Å². The molecule has 0 bridgehead atoms. The van der Waals surface area contributed by atoms with Gasteiger partial charge in [-0.3, -0.25) is 4.79 Å². The second-order valence-corrected chi connectivity index (χ2v) is 4.40. The Labute approximate surface area is 121 Å². The molecular weight excluding hydrogens is 276 g/mol. The monoisotopic (exact) mass is 291 g/mol. The van der Waals surface area contributed by atoms with Crippen LogP contribution in [-0.4, -0.2) is 19.1 Å². The van der Waals surface area contributed by atoms with Crippen LogP contribution < -0.4 is 10.1 Å². The van der Waals surface area contributed by atoms with Gasteiger partial charge in [-0.1, -0.05) is 36.4 Å². The third kappa shape index (κ3) is 4.87. The van der Waals surface area contributed by atoms with Crippen molar-refractivity contribution in [2.75, 3.05) is 6.54 Å². The van der Waals surface area contributed by atoms with E-state index in [4.69, 9.17) is 0 Å². The Morgan fingerprint density at radius 1 is 1.10 bits per heavy atom. The lowest BCUT2D eigenvalue weighted by atomic mass is 10.1. The Hall–Kier alpha value is -2.43. The van der Waals surface area contributed by atoms with Gasteiger partial charge < -0.3 is 10.1 Å². The Kier molecular flexibility index (Phi) is 5.26. The number of nitrogens with one attached hydrogen (secondary N) is 1. The van der Waals surface area contributed by atoms with Crippen molar-refractivity contribution in [3.8, 4) is 5.75 Å². The summed E-state index contributed by atoms with van der Waals surface area (Å²) >= 11 is 0. The molecule has 0 saturated carbocycles. The molecule has 110 valence electrons. The van der Waals surface area contributed by atoms with Crippen molar-refractivity contribution in [1.82, 2.24) is 5.32 Å². The van der Waals surface area contributed by atoms with Crippen molar-refractivity contribution < 1.29 is 18.3 Å². The highest BCUT2D eigenvalue weighted by atomic mass is 19.3. The fraction of sp³-hybridized carbons (Fsp3) is 0.188. The summed E-state index contributed by atoms with van der Waals surface area (Å²) in [5.74, 6) is -0.341. The summed E-state index contributed by atoms with van der Waals surface area (Å²) in [5, 5.41) is 2.75. The molecule has 0 heterocycles. The number of hydrogen-bond acceptors (Lipinski definition) is 2. The molecule has 21 heavy (non-hydrogen) atoms. The van der Waals surface area contributed by atoms with E-state index in [0.717, 1.165) is 5.56 Å². The number of carbonyl (C=O) groups is 1. The molecule has 0 aliphatic heterocycles. The Morgan fingerprint density at radius 3 is 2.57 bits per heavy atom. The van der Waals surface area contributed by atoms with Crippen molar-refractivity contribution in [3.05, 3.63) is 65.7 Å². The summed E-state index contributed by atoms with van der Waals surface area (Å²) in [6.07, 6.45) is 0.708. The lowest BCUT2D eigenvalue weighted by Gasteiger charge is -2.08. The second kappa shape index (κ2) is 7.38. The standard InChI is InChI=1S/C16H15F2NO2/c17-16(18)21-14-8-4-7-13(11-14)15(20)19-10-9-12-5-2-1-3-6-12/h1-8,11,16H,9-10H2,(H,19,20). The van der Waals surface area contributed by atoms with Gasteiger partial charge in [-0.05, 0) is 30.2 Å². The maximum absolute atomic E-state index is 12.1. The minimum absolute atomic E-state index is 0.0271. The largest absolute Gasteiger partial charge is 0.435 e. The van der Waals surface area contributed by atoms with E-state index in [2.05, 4.69) is 10.1 Å². The number of hydrogen-bond donors (Lipinski definition) is 1. The molecule has 0 fully saturated rings. The van der Waals surface area contributed by atoms with E-state index < -0.39 is 6.61 Å². The smallest absolute Gasteiger partial charge is 0.387 e. The fourth-order valence-electron chi connectivity index (χ4n) is 1.88. The summed E-state index contributed by atoms with van der Waals surface area (Å²) in [4.78, 5) is 11.9. The van der Waals surface area contributed by atoms with E-state index in [-0.39, 0.29) is 11.7 Å². The number of rotatable bonds is 6. The van der Waals surface area contributed by atoms with Gasteiger partial charge in [0.15, 0.2) is 0 Å². The zero-order valence-corrected chi connectivity index (χ0v) is 11.3. The topological polar surface area (TPSA) is 38.3 Å². The molecule has 0 aromatic heterocycles. The van der Waals surface area contributed by atoms with Crippen molar-refractivity contribution in [2.45, 2.75) is 13.0 Å². The van der Waals surface area contributed by atoms with Crippen LogP contribution in [-0.2, 0) is 6.42 Å². The molecule has 0 saturated heterocycles. The lowest BCUT2D eigenvalue weighted by molar-refractivity contribution is -0.0498. The molecule has 0 aliphatic rings. The Balaban J connectivity index is 1.88. The molecule has 1 N–H and O–H groups in total. The van der Waals surface area contributed by atoms with Gasteiger partial charge in [0.05, 0.1) is 0 Å². The van der Waals surface area contributed by atoms with E-state index >= 15 is 0 Å². The third-order valence-electron chi connectivity index (χ3n) is 2.86. The van der Waals surface area contributed by atoms with Gasteiger partial charge in [0.1, 0.15) is 5.75 Å². The average Bonchev–Trinajstić information content (AvgIpc) is 2.48. The zero-order valence-electron chi connectivity index (χ0n) is 11.3. The summed E-state index contributed by atoms with van der Waals surface area (Å²) in [6, 6.07) is 15.5. The normalized spacial score (nSPS) is 10.4. The number of ether oxygens (including phenoxy) is 1. The number of alkyl halides is 2. The van der Waals surface area contributed by atoms with E-state index in [0.29, 0.717) is 18.5 Å². The molecule has 0 unspecified atom stereocenters. The Morgan fingerprint density at radius 2 is 1.86 bits per heavy atom. The molecule has 0 atom stereocenters. The van der Waals surface area contributed by atoms with Crippen LogP contribution in [0, 0.1) is 0 Å². The Bertz CT molecular complexity index is 588. The third-order valence-corrected chi connectivity index (χ3v) is 2.86. The van der Waals surface area contributed by atoms with Gasteiger partial charge in [-0.15, -0.1) is 0 Å². The maximum Gasteiger partial charge on any atom is 0.387 e. The fourth-order valence-corrected chi connectivity index (χ4v) is 1.88. The first-order chi connectivity index (χ1) is 10.1. The first-order valence-corrected chi connectivity index (χ1v) is 6.52. The number of benzene rings is 2. The lowest BCUT2D eigenvalue weighted by Crippen LogP contribution is -2.25. The molecule has 0 aliphatic carbocycles. The van der Waals surface area contributed by atoms with Crippen LogP contribution in [0.2, 0.25) is 0 Å². The highest BCUT2D eigenvalue weighted by Gasteiger charge is 2.09. The molecule has 0 spiro atoms. The molecular formula is C16H15F2NO2. The quantitative estimate of drug-likeness (QED) is 0.887. The number of carbonyl (C=O) groups excluding carboxylic acids is 1. The predicted molar refractivity (Wildman–Crippen MR) is 75.6 cm³/mol. The summed E-state index contributed by atoms with van der Waals surface area (Å²) in [7, 11) is 0. The van der Waals surface area contributed by atoms with Crippen LogP contribution in [0.15, 0.2) is 54.6 Å². The van der Waals surface area contributed by atoms with Crippen molar-refractivity contribution in [2.24, 2.45) is 0 Å². The highest BCUT2D eigenvalue weighted by Crippen LogP contribution is 2.15. The van der Waals surface area contributed by atoms with Gasteiger partial charge in [-0.2, -0.15) is 8.78 Å². The predicted octanol–water partition coefficient (Wildman–Crippen LogP) is 3.26. The molecule has 2 aromatic rings. The summed E-state index contributed by atoms with van der Waals surface area (Å²) in [5.41, 5.74) is 1.41. The molecule has 0 radical (unpaired) electrons. The van der Waals surface area contributed by atoms with Crippen molar-refractivity contribution in [3.63, 3.8) is 0 Å². The summed E-state index contributed by atoms with van der Waals surface area (Å²) < 4.78 is 28.5. The zero-order chi connectivity index (χ0) is 15.1. The SMILES string of the molecule is O=C(NCCc1ccccc1)c1cccc(OC(F)F)c1. The van der Waals surface area contributed by atoms with Gasteiger partial charge in [-0.25, -0.2) is 0 Å². The van der Waals surface area contributed by atoms with E-state index in [1.807, 2.05) is 30.3 Å². The molecule has 2 aromatic carbocycles. The van der Waals surface area contributed by atoms with E-state index in [9.17, 15) is 13.6 Å². The first-order valence-electron chi connectivity index (χ1n) is 6.52. The van der Waals surface area contributed by atoms with Gasteiger partial charge in [0, 0.05) is 12.1 Å². The van der Waals surface area contributed by atoms with Crippen LogP contribution in [0.5, 0.6) is 5.75 Å². The first kappa shape index (κ1) is 15.0. The summed E-state index contributed by atoms with van der Waals surface area (Å²) in [6.45, 7) is -2.43. The van der Waals surface area contributed by atoms with Gasteiger partial charge in [0.25, 0.3) is 5.91 Å². The second-order valence-electron chi connectivity index (χ2n) is 4.40. The van der Waals surface area contributed by atoms with Crippen LogP contribution in [0.25, 0.3) is 0 Å². The molecule has 3 nitrogen and oxygen atoms in total. The minimum atomic E-state index is -2.90. The number of halogens is 2. The average molecular weight is 291 g/mol. The van der Waals surface area contributed by atoms with Gasteiger partial charge >= 0.3 is 6.61 Å². The van der Waals surface area contributed by atoms with Gasteiger partial charge in [0.2, 0.25) is 0 Å². The van der Waals surface area contributed by atoms with Crippen LogP contribution in [0.1, 0.15) is 15.9 Å². The minimum Gasteiger partial charge on any atom is -0.435 e. The maximum atomic E-state index is 12.1.